The first-order valence-electron chi connectivity index (χ1n) is 0.783. The molecule has 0 aromatic heterocycles. The molecule has 0 saturated carbocycles. The first kappa shape index (κ1) is 22.5. The second kappa shape index (κ2) is 9.06. The molecule has 4 nitrogen and oxygen atoms in total. The maximum absolute atomic E-state index is 8.88. The average molecular weight is 314 g/mol. The SMILES string of the molecule is O=P(O)(O)O.[AlH3].[SnH2].[Zn]. The van der Waals surface area contributed by atoms with Gasteiger partial charge in [-0.05, 0) is 0 Å². The van der Waals surface area contributed by atoms with E-state index < -0.39 is 7.82 Å². The minimum Gasteiger partial charge on any atom is 0 e. The fourth-order valence-corrected chi connectivity index (χ4v) is 0. The van der Waals surface area contributed by atoms with Gasteiger partial charge in [-0.25, -0.2) is 4.57 Å². The molecule has 0 bridgehead atoms. The Hall–Kier alpha value is 2.06. The molecule has 0 aliphatic rings. The van der Waals surface area contributed by atoms with E-state index in [9.17, 15) is 0 Å². The van der Waals surface area contributed by atoms with Gasteiger partial charge in [-0.3, -0.25) is 0 Å². The van der Waals surface area contributed by atoms with Crippen molar-refractivity contribution in [2.24, 2.45) is 0 Å². The quantitative estimate of drug-likeness (QED) is 0.328. The number of hydrogen-bond acceptors (Lipinski definition) is 1. The smallest absolute Gasteiger partial charge is 0 e. The van der Waals surface area contributed by atoms with Gasteiger partial charge >= 0.3 is 31.7 Å². The summed E-state index contributed by atoms with van der Waals surface area (Å²) in [4.78, 5) is 21.6. The van der Waals surface area contributed by atoms with Crippen molar-refractivity contribution in [2.75, 3.05) is 0 Å². The van der Waals surface area contributed by atoms with Crippen molar-refractivity contribution in [1.82, 2.24) is 0 Å². The zero-order valence-corrected chi connectivity index (χ0v) is 11.5. The molecule has 0 fully saturated rings. The molecule has 0 aliphatic carbocycles. The predicted octanol–water partition coefficient (Wildman–Crippen LogP) is -3.03. The van der Waals surface area contributed by atoms with Gasteiger partial charge in [0.25, 0.3) is 0 Å². The number of rotatable bonds is 0. The molecule has 46 valence electrons. The Kier molecular flexibility index (Phi) is 25.5. The Morgan fingerprint density at radius 2 is 1.12 bits per heavy atom. The van der Waals surface area contributed by atoms with E-state index in [-0.39, 0.29) is 60.7 Å². The van der Waals surface area contributed by atoms with Gasteiger partial charge in [-0.2, -0.15) is 0 Å². The molecule has 0 rings (SSSR count). The van der Waals surface area contributed by atoms with Crippen LogP contribution in [-0.4, -0.2) is 55.9 Å². The largest absolute Gasteiger partial charge is 0 e. The summed E-state index contributed by atoms with van der Waals surface area (Å²) in [6.45, 7) is 0. The van der Waals surface area contributed by atoms with Crippen LogP contribution in [-0.2, 0) is 24.0 Å². The van der Waals surface area contributed by atoms with Crippen LogP contribution < -0.4 is 0 Å². The van der Waals surface area contributed by atoms with E-state index in [2.05, 4.69) is 0 Å². The molecule has 0 heterocycles. The second-order valence-electron chi connectivity index (χ2n) is 0.513. The zero-order valence-electron chi connectivity index (χ0n) is 3.61. The third-order valence-corrected chi connectivity index (χ3v) is 0. The summed E-state index contributed by atoms with van der Waals surface area (Å²) in [6.07, 6.45) is 0. The molecule has 0 saturated heterocycles. The molecule has 0 amide bonds. The predicted molar refractivity (Wildman–Crippen MR) is 32.7 cm³/mol. The standard InChI is InChI=1S/Al.H3O4P.Sn.Zn.5H/c;1-5(2,3)4;;;;;;;/h;(H3,1,2,3,4);;;;;;;. The van der Waals surface area contributed by atoms with Gasteiger partial charge in [0.05, 0.1) is 0 Å². The second-order valence-corrected chi connectivity index (χ2v) is 1.54. The van der Waals surface area contributed by atoms with E-state index in [1.165, 1.54) is 0 Å². The minimum absolute atomic E-state index is 0. The summed E-state index contributed by atoms with van der Waals surface area (Å²) < 4.78 is 8.88. The molecular formula is H8AlO4PSnZn. The number of phosphoric acid groups is 1. The van der Waals surface area contributed by atoms with Crippen LogP contribution in [0.3, 0.4) is 0 Å². The van der Waals surface area contributed by atoms with Gasteiger partial charge < -0.3 is 14.7 Å². The molecular weight excluding hydrogens is 306 g/mol. The Balaban J connectivity index is -0.0000000267. The van der Waals surface area contributed by atoms with Crippen LogP contribution in [0.5, 0.6) is 0 Å². The fourth-order valence-electron chi connectivity index (χ4n) is 0. The topological polar surface area (TPSA) is 77.8 Å². The first-order valence-corrected chi connectivity index (χ1v) is 2.35. The van der Waals surface area contributed by atoms with Gasteiger partial charge in [0.2, 0.25) is 0 Å². The van der Waals surface area contributed by atoms with Crippen LogP contribution in [0, 0.1) is 0 Å². The molecule has 0 atom stereocenters. The molecule has 8 heteroatoms. The Morgan fingerprint density at radius 3 is 1.12 bits per heavy atom. The molecule has 0 aliphatic heterocycles. The van der Waals surface area contributed by atoms with Crippen LogP contribution in [0.2, 0.25) is 0 Å². The molecule has 3 N–H and O–H groups in total. The van der Waals surface area contributed by atoms with Crippen molar-refractivity contribution in [2.45, 2.75) is 0 Å². The van der Waals surface area contributed by atoms with Crippen LogP contribution in [0.1, 0.15) is 0 Å². The van der Waals surface area contributed by atoms with Crippen molar-refractivity contribution >= 4 is 49.1 Å². The maximum atomic E-state index is 8.88. The summed E-state index contributed by atoms with van der Waals surface area (Å²) in [5, 5.41) is 0. The maximum Gasteiger partial charge on any atom is 0 e. The monoisotopic (exact) mass is 314 g/mol. The normalized spacial score (nSPS) is 7.38. The Morgan fingerprint density at radius 1 is 1.12 bits per heavy atom. The van der Waals surface area contributed by atoms with Crippen molar-refractivity contribution in [3.8, 4) is 0 Å². The van der Waals surface area contributed by atoms with E-state index in [0.29, 0.717) is 0 Å². The summed E-state index contributed by atoms with van der Waals surface area (Å²) >= 11 is 0. The van der Waals surface area contributed by atoms with Crippen LogP contribution in [0.25, 0.3) is 0 Å². The summed E-state index contributed by atoms with van der Waals surface area (Å²) in [6, 6.07) is 0. The van der Waals surface area contributed by atoms with Crippen molar-refractivity contribution in [3.05, 3.63) is 0 Å². The Labute approximate surface area is 87.1 Å². The zero-order chi connectivity index (χ0) is 4.50. The number of hydrogen-bond donors (Lipinski definition) is 3. The molecule has 0 unspecified atom stereocenters. The van der Waals surface area contributed by atoms with E-state index in [1.807, 2.05) is 0 Å². The Bertz CT molecular complexity index is 62.2. The summed E-state index contributed by atoms with van der Waals surface area (Å²) in [7, 11) is -4.64. The van der Waals surface area contributed by atoms with Gasteiger partial charge in [0.1, 0.15) is 0 Å². The van der Waals surface area contributed by atoms with Gasteiger partial charge in [-0.15, -0.1) is 0 Å². The minimum atomic E-state index is -4.64. The molecule has 8 heavy (non-hydrogen) atoms. The molecule has 0 aromatic rings. The van der Waals surface area contributed by atoms with Crippen LogP contribution >= 0.6 is 7.82 Å². The third kappa shape index (κ3) is 94.4. The molecule has 0 spiro atoms. The summed E-state index contributed by atoms with van der Waals surface area (Å²) in [5.74, 6) is 0. The van der Waals surface area contributed by atoms with Crippen molar-refractivity contribution in [3.63, 3.8) is 0 Å². The van der Waals surface area contributed by atoms with Gasteiger partial charge in [0.15, 0.2) is 17.4 Å². The fraction of sp³-hybridized carbons (Fsp3) is 0. The van der Waals surface area contributed by atoms with Crippen LogP contribution in [0.4, 0.5) is 0 Å². The average Bonchev–Trinajstić information content (AvgIpc) is 0.722. The van der Waals surface area contributed by atoms with Gasteiger partial charge in [0, 0.05) is 19.5 Å². The van der Waals surface area contributed by atoms with Crippen molar-refractivity contribution < 1.29 is 38.7 Å². The third-order valence-electron chi connectivity index (χ3n) is 0. The van der Waals surface area contributed by atoms with E-state index in [0.717, 1.165) is 0 Å². The summed E-state index contributed by atoms with van der Waals surface area (Å²) in [5.41, 5.74) is 0. The molecule has 2 radical (unpaired) electrons. The van der Waals surface area contributed by atoms with E-state index in [1.54, 1.807) is 0 Å². The van der Waals surface area contributed by atoms with Gasteiger partial charge in [-0.1, -0.05) is 0 Å². The van der Waals surface area contributed by atoms with E-state index in [4.69, 9.17) is 19.2 Å². The van der Waals surface area contributed by atoms with Crippen molar-refractivity contribution in [1.29, 1.82) is 0 Å². The van der Waals surface area contributed by atoms with E-state index >= 15 is 0 Å². The molecule has 0 aromatic carbocycles. The first-order chi connectivity index (χ1) is 2.00. The van der Waals surface area contributed by atoms with Crippen LogP contribution in [0.15, 0.2) is 0 Å².